The van der Waals surface area contributed by atoms with Gasteiger partial charge in [0.25, 0.3) is 0 Å². The predicted molar refractivity (Wildman–Crippen MR) is 53.1 cm³/mol. The van der Waals surface area contributed by atoms with E-state index in [0.29, 0.717) is 11.5 Å². The molecule has 0 saturated carbocycles. The van der Waals surface area contributed by atoms with Crippen molar-refractivity contribution in [1.29, 1.82) is 0 Å². The molecule has 0 aliphatic carbocycles. The second kappa shape index (κ2) is 5.68. The van der Waals surface area contributed by atoms with Gasteiger partial charge in [-0.1, -0.05) is 11.2 Å². The van der Waals surface area contributed by atoms with Gasteiger partial charge in [0.2, 0.25) is 0 Å². The smallest absolute Gasteiger partial charge is 0.146 e. The number of pyridine rings is 1. The highest BCUT2D eigenvalue weighted by Crippen LogP contribution is 2.06. The molecule has 0 saturated heterocycles. The lowest BCUT2D eigenvalue weighted by Gasteiger charge is -1.92. The van der Waals surface area contributed by atoms with Crippen LogP contribution in [0.2, 0.25) is 0 Å². The SMILES string of the molecule is C[S+](C)[O-].Nc1cccnc1N. The highest BCUT2D eigenvalue weighted by Gasteiger charge is 1.87. The molecule has 1 aromatic heterocycles. The van der Waals surface area contributed by atoms with E-state index < -0.39 is 11.2 Å². The summed E-state index contributed by atoms with van der Waals surface area (Å²) < 4.78 is 9.56. The van der Waals surface area contributed by atoms with Crippen LogP contribution in [0.5, 0.6) is 0 Å². The summed E-state index contributed by atoms with van der Waals surface area (Å²) in [6, 6.07) is 3.45. The lowest BCUT2D eigenvalue weighted by Crippen LogP contribution is -1.95. The first-order valence-electron chi connectivity index (χ1n) is 3.25. The number of hydrogen-bond donors (Lipinski definition) is 2. The monoisotopic (exact) mass is 187 g/mol. The second-order valence-electron chi connectivity index (χ2n) is 2.22. The van der Waals surface area contributed by atoms with E-state index >= 15 is 0 Å². The van der Waals surface area contributed by atoms with Crippen LogP contribution >= 0.6 is 0 Å². The molecule has 12 heavy (non-hydrogen) atoms. The molecule has 4 N–H and O–H groups in total. The van der Waals surface area contributed by atoms with Crippen LogP contribution in [0, 0.1) is 0 Å². The Morgan fingerprint density at radius 1 is 1.42 bits per heavy atom. The number of anilines is 2. The van der Waals surface area contributed by atoms with Gasteiger partial charge in [0, 0.05) is 6.20 Å². The van der Waals surface area contributed by atoms with Gasteiger partial charge < -0.3 is 16.0 Å². The molecule has 5 heteroatoms. The van der Waals surface area contributed by atoms with E-state index in [1.807, 2.05) is 0 Å². The van der Waals surface area contributed by atoms with E-state index in [9.17, 15) is 4.55 Å². The van der Waals surface area contributed by atoms with Crippen molar-refractivity contribution >= 4 is 22.7 Å². The summed E-state index contributed by atoms with van der Waals surface area (Å²) in [4.78, 5) is 3.73. The Morgan fingerprint density at radius 2 is 1.92 bits per heavy atom. The van der Waals surface area contributed by atoms with Crippen LogP contribution in [-0.4, -0.2) is 22.0 Å². The number of nitrogens with zero attached hydrogens (tertiary/aromatic N) is 1. The first-order valence-corrected chi connectivity index (χ1v) is 5.21. The zero-order valence-electron chi connectivity index (χ0n) is 7.15. The summed E-state index contributed by atoms with van der Waals surface area (Å²) in [6.45, 7) is 0. The maximum absolute atomic E-state index is 9.56. The van der Waals surface area contributed by atoms with Gasteiger partial charge in [0.05, 0.1) is 18.2 Å². The first kappa shape index (κ1) is 11.1. The molecule has 0 bridgehead atoms. The van der Waals surface area contributed by atoms with Crippen molar-refractivity contribution in [1.82, 2.24) is 4.98 Å². The third-order valence-electron chi connectivity index (χ3n) is 0.871. The van der Waals surface area contributed by atoms with Gasteiger partial charge in [0.1, 0.15) is 5.82 Å². The lowest BCUT2D eigenvalue weighted by atomic mass is 10.4. The largest absolute Gasteiger partial charge is 0.617 e. The molecule has 0 aliphatic rings. The van der Waals surface area contributed by atoms with Crippen molar-refractivity contribution in [3.8, 4) is 0 Å². The van der Waals surface area contributed by atoms with Crippen molar-refractivity contribution in [2.24, 2.45) is 0 Å². The summed E-state index contributed by atoms with van der Waals surface area (Å²) in [7, 11) is 0. The quantitative estimate of drug-likeness (QED) is 0.569. The van der Waals surface area contributed by atoms with E-state index in [-0.39, 0.29) is 0 Å². The fourth-order valence-electron chi connectivity index (χ4n) is 0.430. The first-order chi connectivity index (χ1) is 5.54. The van der Waals surface area contributed by atoms with E-state index in [0.717, 1.165) is 0 Å². The van der Waals surface area contributed by atoms with E-state index in [1.54, 1.807) is 30.8 Å². The molecule has 1 aromatic rings. The number of aromatic nitrogens is 1. The number of hydrogen-bond acceptors (Lipinski definition) is 4. The Balaban J connectivity index is 0.000000261. The number of nitrogens with two attached hydrogens (primary N) is 2. The van der Waals surface area contributed by atoms with E-state index in [2.05, 4.69) is 4.98 Å². The average Bonchev–Trinajstić information content (AvgIpc) is 1.94. The van der Waals surface area contributed by atoms with Crippen LogP contribution < -0.4 is 11.5 Å². The molecular formula is C7H13N3OS. The third kappa shape index (κ3) is 5.82. The van der Waals surface area contributed by atoms with Gasteiger partial charge in [-0.25, -0.2) is 4.98 Å². The molecule has 68 valence electrons. The molecule has 0 spiro atoms. The van der Waals surface area contributed by atoms with E-state index in [4.69, 9.17) is 11.5 Å². The number of nitrogen functional groups attached to an aromatic ring is 2. The topological polar surface area (TPSA) is 88.0 Å². The molecule has 0 fully saturated rings. The molecular weight excluding hydrogens is 174 g/mol. The summed E-state index contributed by atoms with van der Waals surface area (Å²) in [5.74, 6) is 0.396. The van der Waals surface area contributed by atoms with Crippen LogP contribution in [0.15, 0.2) is 18.3 Å². The van der Waals surface area contributed by atoms with Crippen LogP contribution in [0.1, 0.15) is 0 Å². The fourth-order valence-corrected chi connectivity index (χ4v) is 0.430. The maximum Gasteiger partial charge on any atom is 0.146 e. The Bertz CT molecular complexity index is 206. The fraction of sp³-hybridized carbons (Fsp3) is 0.286. The summed E-state index contributed by atoms with van der Waals surface area (Å²) >= 11 is -0.611. The van der Waals surface area contributed by atoms with Gasteiger partial charge in [-0.15, -0.1) is 0 Å². The zero-order chi connectivity index (χ0) is 9.56. The molecule has 0 aromatic carbocycles. The predicted octanol–water partition coefficient (Wildman–Crippen LogP) is 0.241. The molecule has 0 unspecified atom stereocenters. The van der Waals surface area contributed by atoms with Crippen LogP contribution in [0.4, 0.5) is 11.5 Å². The second-order valence-corrected chi connectivity index (χ2v) is 3.70. The summed E-state index contributed by atoms with van der Waals surface area (Å²) in [5, 5.41) is 0. The molecule has 4 nitrogen and oxygen atoms in total. The maximum atomic E-state index is 9.56. The van der Waals surface area contributed by atoms with Gasteiger partial charge in [-0.2, -0.15) is 0 Å². The van der Waals surface area contributed by atoms with E-state index in [1.165, 1.54) is 0 Å². The highest BCUT2D eigenvalue weighted by molar-refractivity contribution is 7.89. The Kier molecular flexibility index (Phi) is 5.23. The van der Waals surface area contributed by atoms with Crippen molar-refractivity contribution in [3.05, 3.63) is 18.3 Å². The molecule has 1 heterocycles. The highest BCUT2D eigenvalue weighted by atomic mass is 32.2. The van der Waals surface area contributed by atoms with Crippen LogP contribution in [-0.2, 0) is 11.2 Å². The molecule has 1 rings (SSSR count). The lowest BCUT2D eigenvalue weighted by molar-refractivity contribution is 0.606. The molecule has 0 aliphatic heterocycles. The van der Waals surface area contributed by atoms with Crippen molar-refractivity contribution in [2.75, 3.05) is 24.0 Å². The summed E-state index contributed by atoms with van der Waals surface area (Å²) in [6.07, 6.45) is 4.88. The van der Waals surface area contributed by atoms with Crippen molar-refractivity contribution in [3.63, 3.8) is 0 Å². The minimum absolute atomic E-state index is 0.396. The van der Waals surface area contributed by atoms with Crippen LogP contribution in [0.3, 0.4) is 0 Å². The van der Waals surface area contributed by atoms with Crippen molar-refractivity contribution < 1.29 is 4.55 Å². The Labute approximate surface area is 75.2 Å². The normalized spacial score (nSPS) is 9.00. The average molecular weight is 187 g/mol. The Hall–Kier alpha value is -0.940. The standard InChI is InChI=1S/C5H7N3.C2H6OS/c6-4-2-1-3-8-5(4)7;1-4(2)3/h1-3H,6H2,(H2,7,8);1-2H3. The third-order valence-corrected chi connectivity index (χ3v) is 0.871. The minimum atomic E-state index is -0.611. The minimum Gasteiger partial charge on any atom is -0.617 e. The number of rotatable bonds is 0. The van der Waals surface area contributed by atoms with Crippen LogP contribution in [0.25, 0.3) is 0 Å². The molecule has 0 amide bonds. The molecule has 0 atom stereocenters. The van der Waals surface area contributed by atoms with Crippen molar-refractivity contribution in [2.45, 2.75) is 0 Å². The van der Waals surface area contributed by atoms with Gasteiger partial charge >= 0.3 is 0 Å². The van der Waals surface area contributed by atoms with Gasteiger partial charge in [-0.05, 0) is 12.1 Å². The molecule has 0 radical (unpaired) electrons. The van der Waals surface area contributed by atoms with Gasteiger partial charge in [-0.3, -0.25) is 0 Å². The van der Waals surface area contributed by atoms with Gasteiger partial charge in [0.15, 0.2) is 0 Å². The summed E-state index contributed by atoms with van der Waals surface area (Å²) in [5.41, 5.74) is 11.2. The Morgan fingerprint density at radius 3 is 2.17 bits per heavy atom. The zero-order valence-corrected chi connectivity index (χ0v) is 7.97.